The normalized spacial score (nSPS) is 14.2. The summed E-state index contributed by atoms with van der Waals surface area (Å²) in [6.07, 6.45) is 1.86. The van der Waals surface area contributed by atoms with Gasteiger partial charge in [0.25, 0.3) is 5.69 Å². The maximum atomic E-state index is 13.1. The van der Waals surface area contributed by atoms with Gasteiger partial charge < -0.3 is 0 Å². The predicted octanol–water partition coefficient (Wildman–Crippen LogP) is 3.87. The molecule has 1 fully saturated rings. The Morgan fingerprint density at radius 2 is 1.76 bits per heavy atom. The molecule has 0 amide bonds. The molecule has 3 rings (SSSR count). The molecule has 9 heteroatoms. The van der Waals surface area contributed by atoms with E-state index in [2.05, 4.69) is 10.5 Å². The van der Waals surface area contributed by atoms with Crippen molar-refractivity contribution in [1.29, 1.82) is 0 Å². The molecule has 0 radical (unpaired) electrons. The number of rotatable bonds is 6. The van der Waals surface area contributed by atoms with Crippen LogP contribution in [0.15, 0.2) is 47.6 Å². The van der Waals surface area contributed by atoms with Gasteiger partial charge in [-0.2, -0.15) is 5.10 Å². The summed E-state index contributed by atoms with van der Waals surface area (Å²) in [5.41, 5.74) is 3.26. The highest BCUT2D eigenvalue weighted by molar-refractivity contribution is 6.04. The third-order valence-electron chi connectivity index (χ3n) is 3.79. The topological polar surface area (TPSA) is 111 Å². The summed E-state index contributed by atoms with van der Waals surface area (Å²) in [5, 5.41) is 26.2. The quantitative estimate of drug-likeness (QED) is 0.486. The molecular weight excluding hydrogens is 331 g/mol. The van der Waals surface area contributed by atoms with Gasteiger partial charge in [-0.05, 0) is 36.6 Å². The number of hydrazone groups is 1. The standard InChI is InChI=1S/C16H13FN4O4/c17-12-5-3-11(4-6-12)16(10-1-2-10)19-18-14-8-7-13(20(22)23)9-15(14)21(24)25/h3-10,18H,1-2H2/b19-16+. The smallest absolute Gasteiger partial charge is 0.271 e. The highest BCUT2D eigenvalue weighted by atomic mass is 19.1. The molecule has 25 heavy (non-hydrogen) atoms. The molecule has 0 aliphatic heterocycles. The second-order valence-corrected chi connectivity index (χ2v) is 5.61. The highest BCUT2D eigenvalue weighted by Crippen LogP contribution is 2.34. The van der Waals surface area contributed by atoms with Gasteiger partial charge in [-0.15, -0.1) is 0 Å². The monoisotopic (exact) mass is 344 g/mol. The molecule has 128 valence electrons. The fourth-order valence-electron chi connectivity index (χ4n) is 2.37. The molecule has 1 aliphatic carbocycles. The van der Waals surface area contributed by atoms with Gasteiger partial charge in [0.1, 0.15) is 11.5 Å². The Morgan fingerprint density at radius 1 is 1.08 bits per heavy atom. The van der Waals surface area contributed by atoms with Crippen molar-refractivity contribution in [2.24, 2.45) is 11.0 Å². The van der Waals surface area contributed by atoms with Gasteiger partial charge in [-0.1, -0.05) is 12.1 Å². The number of non-ortho nitro benzene ring substituents is 1. The van der Waals surface area contributed by atoms with Crippen LogP contribution in [-0.4, -0.2) is 15.6 Å². The van der Waals surface area contributed by atoms with Crippen LogP contribution in [0.25, 0.3) is 0 Å². The second-order valence-electron chi connectivity index (χ2n) is 5.61. The zero-order valence-corrected chi connectivity index (χ0v) is 12.9. The molecule has 2 aromatic carbocycles. The Kier molecular flexibility index (Phi) is 4.38. The third-order valence-corrected chi connectivity index (χ3v) is 3.79. The number of anilines is 1. The summed E-state index contributed by atoms with van der Waals surface area (Å²) in [4.78, 5) is 20.5. The van der Waals surface area contributed by atoms with Gasteiger partial charge in [-0.3, -0.25) is 25.7 Å². The van der Waals surface area contributed by atoms with E-state index in [1.807, 2.05) is 0 Å². The maximum absolute atomic E-state index is 13.1. The van der Waals surface area contributed by atoms with Crippen LogP contribution in [0.1, 0.15) is 18.4 Å². The zero-order valence-electron chi connectivity index (χ0n) is 12.9. The number of nitrogens with one attached hydrogen (secondary N) is 1. The molecule has 1 aliphatic rings. The SMILES string of the molecule is O=[N+]([O-])c1ccc(N/N=C(/c2ccc(F)cc2)C2CC2)c([N+](=O)[O-])c1. The van der Waals surface area contributed by atoms with Crippen molar-refractivity contribution in [3.63, 3.8) is 0 Å². The van der Waals surface area contributed by atoms with E-state index in [4.69, 9.17) is 0 Å². The van der Waals surface area contributed by atoms with Crippen molar-refractivity contribution in [3.8, 4) is 0 Å². The second kappa shape index (κ2) is 6.63. The number of hydrogen-bond donors (Lipinski definition) is 1. The molecule has 0 atom stereocenters. The molecule has 8 nitrogen and oxygen atoms in total. The van der Waals surface area contributed by atoms with E-state index < -0.39 is 15.5 Å². The molecule has 1 N–H and O–H groups in total. The predicted molar refractivity (Wildman–Crippen MR) is 89.0 cm³/mol. The van der Waals surface area contributed by atoms with Crippen LogP contribution in [0.3, 0.4) is 0 Å². The molecule has 0 bridgehead atoms. The average Bonchev–Trinajstić information content (AvgIpc) is 3.41. The van der Waals surface area contributed by atoms with Gasteiger partial charge in [0, 0.05) is 12.0 Å². The number of nitro groups is 2. The van der Waals surface area contributed by atoms with Crippen LogP contribution < -0.4 is 5.43 Å². The first-order valence-corrected chi connectivity index (χ1v) is 7.48. The van der Waals surface area contributed by atoms with Crippen molar-refractivity contribution >= 4 is 22.8 Å². The van der Waals surface area contributed by atoms with E-state index in [9.17, 15) is 24.6 Å². The Hall–Kier alpha value is -3.36. The molecule has 0 spiro atoms. The lowest BCUT2D eigenvalue weighted by Gasteiger charge is -2.07. The lowest BCUT2D eigenvalue weighted by atomic mass is 10.1. The van der Waals surface area contributed by atoms with Crippen molar-refractivity contribution in [1.82, 2.24) is 0 Å². The third kappa shape index (κ3) is 3.77. The van der Waals surface area contributed by atoms with Crippen molar-refractivity contribution < 1.29 is 14.2 Å². The molecule has 1 saturated carbocycles. The number of nitrogens with zero attached hydrogens (tertiary/aromatic N) is 3. The number of nitro benzene ring substituents is 2. The van der Waals surface area contributed by atoms with Crippen molar-refractivity contribution in [2.75, 3.05) is 5.43 Å². The van der Waals surface area contributed by atoms with Gasteiger partial charge in [0.2, 0.25) is 0 Å². The van der Waals surface area contributed by atoms with Crippen molar-refractivity contribution in [2.45, 2.75) is 12.8 Å². The van der Waals surface area contributed by atoms with E-state index in [-0.39, 0.29) is 23.1 Å². The minimum Gasteiger partial charge on any atom is -0.271 e. The van der Waals surface area contributed by atoms with Gasteiger partial charge in [0.15, 0.2) is 0 Å². The van der Waals surface area contributed by atoms with Crippen molar-refractivity contribution in [3.05, 3.63) is 74.1 Å². The number of benzene rings is 2. The summed E-state index contributed by atoms with van der Waals surface area (Å²) in [5.74, 6) is -0.159. The maximum Gasteiger partial charge on any atom is 0.301 e. The summed E-state index contributed by atoms with van der Waals surface area (Å²) < 4.78 is 13.1. The minimum absolute atomic E-state index is 0.0517. The molecule has 0 saturated heterocycles. The van der Waals surface area contributed by atoms with Gasteiger partial charge in [-0.25, -0.2) is 4.39 Å². The van der Waals surface area contributed by atoms with Crippen LogP contribution >= 0.6 is 0 Å². The Labute approximate surface area is 141 Å². The number of halogens is 1. The van der Waals surface area contributed by atoms with E-state index in [0.29, 0.717) is 5.71 Å². The molecule has 0 heterocycles. The molecular formula is C16H13FN4O4. The fourth-order valence-corrected chi connectivity index (χ4v) is 2.37. The molecule has 2 aromatic rings. The first kappa shape index (κ1) is 16.5. The van der Waals surface area contributed by atoms with Gasteiger partial charge >= 0.3 is 5.69 Å². The van der Waals surface area contributed by atoms with Crippen LogP contribution in [0.4, 0.5) is 21.5 Å². The van der Waals surface area contributed by atoms with Crippen LogP contribution in [0.2, 0.25) is 0 Å². The van der Waals surface area contributed by atoms with E-state index in [0.717, 1.165) is 24.5 Å². The summed E-state index contributed by atoms with van der Waals surface area (Å²) in [6, 6.07) is 9.13. The summed E-state index contributed by atoms with van der Waals surface area (Å²) in [6.45, 7) is 0. The van der Waals surface area contributed by atoms with E-state index in [1.54, 1.807) is 12.1 Å². The lowest BCUT2D eigenvalue weighted by Crippen LogP contribution is -2.08. The summed E-state index contributed by atoms with van der Waals surface area (Å²) in [7, 11) is 0. The highest BCUT2D eigenvalue weighted by Gasteiger charge is 2.29. The lowest BCUT2D eigenvalue weighted by molar-refractivity contribution is -0.393. The van der Waals surface area contributed by atoms with E-state index >= 15 is 0 Å². The van der Waals surface area contributed by atoms with Crippen LogP contribution in [0.5, 0.6) is 0 Å². The Morgan fingerprint density at radius 3 is 2.32 bits per heavy atom. The zero-order chi connectivity index (χ0) is 18.0. The van der Waals surface area contributed by atoms with E-state index in [1.165, 1.54) is 24.3 Å². The van der Waals surface area contributed by atoms with Crippen LogP contribution in [-0.2, 0) is 0 Å². The Balaban J connectivity index is 1.92. The molecule has 0 aromatic heterocycles. The largest absolute Gasteiger partial charge is 0.301 e. The molecule has 0 unspecified atom stereocenters. The Bertz CT molecular complexity index is 863. The average molecular weight is 344 g/mol. The minimum atomic E-state index is -0.709. The van der Waals surface area contributed by atoms with Crippen LogP contribution in [0, 0.1) is 32.0 Å². The fraction of sp³-hybridized carbons (Fsp3) is 0.188. The first-order valence-electron chi connectivity index (χ1n) is 7.48. The first-order chi connectivity index (χ1) is 12.0. The van der Waals surface area contributed by atoms with Gasteiger partial charge in [0.05, 0.1) is 21.6 Å². The summed E-state index contributed by atoms with van der Waals surface area (Å²) >= 11 is 0. The number of hydrogen-bond acceptors (Lipinski definition) is 6.